The van der Waals surface area contributed by atoms with Crippen molar-refractivity contribution >= 4 is 28.6 Å². The fourth-order valence-corrected chi connectivity index (χ4v) is 3.85. The van der Waals surface area contributed by atoms with Crippen LogP contribution in [0, 0.1) is 18.8 Å². The largest absolute Gasteiger partial charge is 0.416 e. The van der Waals surface area contributed by atoms with E-state index in [0.29, 0.717) is 16.9 Å². The summed E-state index contributed by atoms with van der Waals surface area (Å²) in [5.41, 5.74) is 3.90. The molecule has 0 saturated carbocycles. The molecule has 0 saturated heterocycles. The first-order chi connectivity index (χ1) is 18.2. The quantitative estimate of drug-likeness (QED) is 0.298. The molecule has 0 unspecified atom stereocenters. The number of halogens is 3. The number of aryl methyl sites for hydroxylation is 2. The molecule has 0 aliphatic carbocycles. The number of imidazole rings is 1. The summed E-state index contributed by atoms with van der Waals surface area (Å²) in [6.07, 6.45) is 2.59. The number of carbonyl (C=O) groups is 1. The van der Waals surface area contributed by atoms with Crippen molar-refractivity contribution in [2.45, 2.75) is 13.1 Å². The number of carbonyl (C=O) groups excluding carboxylic acids is 1. The fourth-order valence-electron chi connectivity index (χ4n) is 3.85. The van der Waals surface area contributed by atoms with Crippen LogP contribution in [0.25, 0.3) is 5.65 Å². The van der Waals surface area contributed by atoms with Crippen LogP contribution >= 0.6 is 0 Å². The monoisotopic (exact) mass is 514 g/mol. The first kappa shape index (κ1) is 24.6. The number of hydrogen-bond acceptors (Lipinski definition) is 4. The Kier molecular flexibility index (Phi) is 6.34. The van der Waals surface area contributed by atoms with Gasteiger partial charge >= 0.3 is 6.18 Å². The average molecular weight is 515 g/mol. The predicted molar refractivity (Wildman–Crippen MR) is 138 cm³/mol. The van der Waals surface area contributed by atoms with E-state index in [2.05, 4.69) is 32.6 Å². The van der Waals surface area contributed by atoms with E-state index in [1.165, 1.54) is 12.1 Å². The van der Waals surface area contributed by atoms with Crippen LogP contribution < -0.4 is 10.6 Å². The number of nitrogens with zero attached hydrogens (tertiary/aromatic N) is 4. The first-order valence-electron chi connectivity index (χ1n) is 11.5. The number of amides is 1. The van der Waals surface area contributed by atoms with Gasteiger partial charge in [-0.1, -0.05) is 18.1 Å². The van der Waals surface area contributed by atoms with E-state index < -0.39 is 17.6 Å². The van der Waals surface area contributed by atoms with Gasteiger partial charge in [-0.05, 0) is 60.9 Å². The molecule has 38 heavy (non-hydrogen) atoms. The molecule has 3 heterocycles. The van der Waals surface area contributed by atoms with Crippen LogP contribution in [0.5, 0.6) is 0 Å². The molecule has 0 aliphatic rings. The van der Waals surface area contributed by atoms with Crippen molar-refractivity contribution in [2.24, 2.45) is 7.05 Å². The third-order valence-electron chi connectivity index (χ3n) is 5.79. The number of rotatable bonds is 4. The van der Waals surface area contributed by atoms with Gasteiger partial charge in [0.25, 0.3) is 5.91 Å². The maximum absolute atomic E-state index is 13.0. The summed E-state index contributed by atoms with van der Waals surface area (Å²) in [4.78, 5) is 17.3. The highest BCUT2D eigenvalue weighted by molar-refractivity contribution is 6.04. The van der Waals surface area contributed by atoms with Crippen molar-refractivity contribution in [3.8, 4) is 11.8 Å². The first-order valence-corrected chi connectivity index (χ1v) is 11.5. The molecule has 2 aromatic carbocycles. The number of pyridine rings is 1. The number of nitrogens with one attached hydrogen (secondary N) is 2. The van der Waals surface area contributed by atoms with Crippen molar-refractivity contribution in [2.75, 3.05) is 10.6 Å². The summed E-state index contributed by atoms with van der Waals surface area (Å²) < 4.78 is 42.6. The van der Waals surface area contributed by atoms with Gasteiger partial charge in [0.1, 0.15) is 5.69 Å². The zero-order valence-corrected chi connectivity index (χ0v) is 20.3. The van der Waals surface area contributed by atoms with E-state index in [4.69, 9.17) is 0 Å². The molecule has 0 fully saturated rings. The minimum atomic E-state index is -4.50. The van der Waals surface area contributed by atoms with Gasteiger partial charge in [-0.15, -0.1) is 0 Å². The van der Waals surface area contributed by atoms with E-state index in [1.807, 2.05) is 42.9 Å². The normalized spacial score (nSPS) is 11.2. The molecule has 10 heteroatoms. The topological polar surface area (TPSA) is 76.2 Å². The van der Waals surface area contributed by atoms with Crippen LogP contribution in [-0.4, -0.2) is 25.1 Å². The lowest BCUT2D eigenvalue weighted by atomic mass is 10.0. The molecule has 7 nitrogen and oxygen atoms in total. The Hall–Kier alpha value is -5.04. The zero-order chi connectivity index (χ0) is 26.9. The Labute approximate surface area is 215 Å². The smallest absolute Gasteiger partial charge is 0.350 e. The Morgan fingerprint density at radius 1 is 1.00 bits per heavy atom. The Bertz CT molecular complexity index is 1720. The summed E-state index contributed by atoms with van der Waals surface area (Å²) in [7, 11) is 1.83. The highest BCUT2D eigenvalue weighted by Crippen LogP contribution is 2.30. The minimum Gasteiger partial charge on any atom is -0.350 e. The van der Waals surface area contributed by atoms with Gasteiger partial charge < -0.3 is 10.6 Å². The molecule has 0 atom stereocenters. The summed E-state index contributed by atoms with van der Waals surface area (Å²) in [6, 6.07) is 13.3. The third kappa shape index (κ3) is 5.22. The van der Waals surface area contributed by atoms with Gasteiger partial charge in [0, 0.05) is 36.3 Å². The number of hydrogen-bond donors (Lipinski definition) is 2. The lowest BCUT2D eigenvalue weighted by Crippen LogP contribution is -2.13. The molecule has 1 amide bonds. The molecule has 3 aromatic heterocycles. The van der Waals surface area contributed by atoms with Crippen molar-refractivity contribution < 1.29 is 18.0 Å². The zero-order valence-electron chi connectivity index (χ0n) is 20.3. The van der Waals surface area contributed by atoms with Gasteiger partial charge in [0.15, 0.2) is 5.65 Å². The summed E-state index contributed by atoms with van der Waals surface area (Å²) >= 11 is 0. The fraction of sp³-hybridized carbons (Fsp3) is 0.107. The van der Waals surface area contributed by atoms with Gasteiger partial charge in [-0.2, -0.15) is 18.3 Å². The highest BCUT2D eigenvalue weighted by Gasteiger charge is 2.30. The van der Waals surface area contributed by atoms with Crippen LogP contribution in [0.1, 0.15) is 32.7 Å². The number of alkyl halides is 3. The molecule has 5 aromatic rings. The summed E-state index contributed by atoms with van der Waals surface area (Å²) in [6.45, 7) is 1.86. The molecule has 190 valence electrons. The molecule has 0 bridgehead atoms. The second kappa shape index (κ2) is 9.78. The average Bonchev–Trinajstić information content (AvgIpc) is 3.49. The summed E-state index contributed by atoms with van der Waals surface area (Å²) in [5, 5.41) is 9.98. The van der Waals surface area contributed by atoms with Gasteiger partial charge in [-0.3, -0.25) is 13.9 Å². The second-order valence-corrected chi connectivity index (χ2v) is 8.60. The van der Waals surface area contributed by atoms with E-state index in [1.54, 1.807) is 35.3 Å². The molecule has 0 spiro atoms. The standard InChI is InChI=1S/C28H21F3N6O/c1-18-8-9-20(27(38)35-22-6-3-5-21(14-22)28(29,30)31)13-19(18)10-11-24-16-32-26-25(7-4-12-37(24)26)34-23-15-33-36(2)17-23/h3-9,12-17,34H,1-2H3,(H,35,38). The minimum absolute atomic E-state index is 0.0551. The maximum Gasteiger partial charge on any atom is 0.416 e. The van der Waals surface area contributed by atoms with Gasteiger partial charge in [0.05, 0.1) is 29.3 Å². The molecule has 2 N–H and O–H groups in total. The van der Waals surface area contributed by atoms with Crippen LogP contribution in [0.15, 0.2) is 79.4 Å². The molecule has 0 aliphatic heterocycles. The maximum atomic E-state index is 13.0. The number of anilines is 3. The number of aromatic nitrogens is 4. The lowest BCUT2D eigenvalue weighted by molar-refractivity contribution is -0.137. The van der Waals surface area contributed by atoms with Gasteiger partial charge in [0.2, 0.25) is 0 Å². The van der Waals surface area contributed by atoms with Crippen LogP contribution in [0.4, 0.5) is 30.2 Å². The van der Waals surface area contributed by atoms with Crippen molar-refractivity contribution in [3.63, 3.8) is 0 Å². The predicted octanol–water partition coefficient (Wildman–Crippen LogP) is 5.79. The Balaban J connectivity index is 1.39. The van der Waals surface area contributed by atoms with E-state index >= 15 is 0 Å². The van der Waals surface area contributed by atoms with E-state index in [9.17, 15) is 18.0 Å². The van der Waals surface area contributed by atoms with E-state index in [0.717, 1.165) is 29.1 Å². The van der Waals surface area contributed by atoms with E-state index in [-0.39, 0.29) is 11.3 Å². The lowest BCUT2D eigenvalue weighted by Gasteiger charge is -2.10. The Morgan fingerprint density at radius 3 is 2.61 bits per heavy atom. The molecule has 5 rings (SSSR count). The van der Waals surface area contributed by atoms with Crippen LogP contribution in [0.3, 0.4) is 0 Å². The Morgan fingerprint density at radius 2 is 1.84 bits per heavy atom. The van der Waals surface area contributed by atoms with Gasteiger partial charge in [-0.25, -0.2) is 4.98 Å². The SMILES string of the molecule is Cc1ccc(C(=O)Nc2cccc(C(F)(F)F)c2)cc1C#Cc1cnc2c(Nc3cnn(C)c3)cccn12. The molecule has 0 radical (unpaired) electrons. The molecular weight excluding hydrogens is 493 g/mol. The van der Waals surface area contributed by atoms with Crippen LogP contribution in [0.2, 0.25) is 0 Å². The van der Waals surface area contributed by atoms with Crippen molar-refractivity contribution in [1.82, 2.24) is 19.2 Å². The second-order valence-electron chi connectivity index (χ2n) is 8.60. The number of fused-ring (bicyclic) bond motifs is 1. The van der Waals surface area contributed by atoms with Crippen molar-refractivity contribution in [3.05, 3.63) is 107 Å². The third-order valence-corrected chi connectivity index (χ3v) is 5.79. The highest BCUT2D eigenvalue weighted by atomic mass is 19.4. The summed E-state index contributed by atoms with van der Waals surface area (Å²) in [5.74, 6) is 5.67. The molecular formula is C28H21F3N6O. The van der Waals surface area contributed by atoms with Crippen LogP contribution in [-0.2, 0) is 13.2 Å². The van der Waals surface area contributed by atoms with Crippen molar-refractivity contribution in [1.29, 1.82) is 0 Å². The number of benzene rings is 2.